The highest BCUT2D eigenvalue weighted by atomic mass is 32.1. The number of nitrogens with zero attached hydrogens (tertiary/aromatic N) is 1. The van der Waals surface area contributed by atoms with Crippen LogP contribution in [0.25, 0.3) is 10.6 Å². The summed E-state index contributed by atoms with van der Waals surface area (Å²) >= 11 is 2.38. The Balaban J connectivity index is 2.12. The van der Waals surface area contributed by atoms with Gasteiger partial charge in [-0.2, -0.15) is 13.2 Å². The Labute approximate surface area is 102 Å². The van der Waals surface area contributed by atoms with Crippen LogP contribution in [0, 0.1) is 0 Å². The fourth-order valence-electron chi connectivity index (χ4n) is 1.04. The normalized spacial score (nSPS) is 11.5. The molecule has 0 saturated carbocycles. The van der Waals surface area contributed by atoms with Gasteiger partial charge in [0.05, 0.1) is 10.6 Å². The van der Waals surface area contributed by atoms with Crippen molar-refractivity contribution in [1.29, 1.82) is 0 Å². The number of anilines is 1. The third-order valence-electron chi connectivity index (χ3n) is 1.76. The zero-order valence-corrected chi connectivity index (χ0v) is 9.75. The molecular weight excluding hydrogens is 273 g/mol. The van der Waals surface area contributed by atoms with Gasteiger partial charge in [0.1, 0.15) is 0 Å². The number of hydrogen-bond acceptors (Lipinski definition) is 4. The van der Waals surface area contributed by atoms with Crippen LogP contribution in [0.1, 0.15) is 0 Å². The van der Waals surface area contributed by atoms with Crippen molar-refractivity contribution in [3.8, 4) is 10.6 Å². The highest BCUT2D eigenvalue weighted by Gasteiger charge is 2.39. The van der Waals surface area contributed by atoms with Crippen LogP contribution in [0.15, 0.2) is 22.9 Å². The summed E-state index contributed by atoms with van der Waals surface area (Å²) in [6.07, 6.45) is -4.89. The molecule has 2 heterocycles. The first-order valence-electron chi connectivity index (χ1n) is 4.34. The number of amides is 1. The van der Waals surface area contributed by atoms with Crippen LogP contribution >= 0.6 is 22.7 Å². The summed E-state index contributed by atoms with van der Waals surface area (Å²) in [5.41, 5.74) is 0.558. The maximum atomic E-state index is 12.0. The van der Waals surface area contributed by atoms with Gasteiger partial charge in [-0.05, 0) is 11.4 Å². The van der Waals surface area contributed by atoms with Crippen molar-refractivity contribution >= 4 is 33.7 Å². The summed E-state index contributed by atoms with van der Waals surface area (Å²) in [6.45, 7) is 0. The first-order chi connectivity index (χ1) is 7.97. The Morgan fingerprint density at radius 2 is 2.12 bits per heavy atom. The molecule has 1 N–H and O–H groups in total. The average Bonchev–Trinajstić information content (AvgIpc) is 2.83. The van der Waals surface area contributed by atoms with E-state index in [2.05, 4.69) is 4.98 Å². The predicted octanol–water partition coefficient (Wildman–Crippen LogP) is 3.37. The van der Waals surface area contributed by atoms with E-state index in [1.54, 1.807) is 16.8 Å². The van der Waals surface area contributed by atoms with Crippen molar-refractivity contribution < 1.29 is 18.0 Å². The molecule has 3 nitrogen and oxygen atoms in total. The number of thiophene rings is 1. The van der Waals surface area contributed by atoms with E-state index in [-0.39, 0.29) is 5.13 Å². The zero-order chi connectivity index (χ0) is 12.5. The SMILES string of the molecule is O=C(Nc1nc(-c2cccs2)cs1)C(F)(F)F. The van der Waals surface area contributed by atoms with E-state index >= 15 is 0 Å². The molecule has 1 amide bonds. The Hall–Kier alpha value is -1.41. The molecule has 0 saturated heterocycles. The van der Waals surface area contributed by atoms with E-state index in [0.717, 1.165) is 16.2 Å². The highest BCUT2D eigenvalue weighted by molar-refractivity contribution is 7.16. The second-order valence-corrected chi connectivity index (χ2v) is 4.77. The van der Waals surface area contributed by atoms with Gasteiger partial charge >= 0.3 is 12.1 Å². The fourth-order valence-corrected chi connectivity index (χ4v) is 2.50. The minimum Gasteiger partial charge on any atom is -0.294 e. The standard InChI is InChI=1S/C9H5F3N2OS2/c10-9(11,12)7(15)14-8-13-5(4-17-8)6-2-1-3-16-6/h1-4H,(H,13,14,15). The summed E-state index contributed by atoms with van der Waals surface area (Å²) in [7, 11) is 0. The minimum absolute atomic E-state index is 0.0595. The number of halogens is 3. The van der Waals surface area contributed by atoms with Gasteiger partial charge in [-0.3, -0.25) is 10.1 Å². The second-order valence-electron chi connectivity index (χ2n) is 2.97. The molecule has 0 radical (unpaired) electrons. The lowest BCUT2D eigenvalue weighted by atomic mass is 10.4. The molecule has 0 aromatic carbocycles. The van der Waals surface area contributed by atoms with Crippen molar-refractivity contribution in [2.45, 2.75) is 6.18 Å². The molecule has 0 aliphatic heterocycles. The molecule has 0 aliphatic carbocycles. The van der Waals surface area contributed by atoms with Crippen LogP contribution in [0.2, 0.25) is 0 Å². The maximum Gasteiger partial charge on any atom is 0.471 e. The van der Waals surface area contributed by atoms with Crippen molar-refractivity contribution in [2.75, 3.05) is 5.32 Å². The molecule has 0 aliphatic rings. The smallest absolute Gasteiger partial charge is 0.294 e. The van der Waals surface area contributed by atoms with Crippen molar-refractivity contribution in [3.05, 3.63) is 22.9 Å². The highest BCUT2D eigenvalue weighted by Crippen LogP contribution is 2.29. The molecule has 8 heteroatoms. The maximum absolute atomic E-state index is 12.0. The summed E-state index contributed by atoms with van der Waals surface area (Å²) in [6, 6.07) is 3.61. The number of carbonyl (C=O) groups is 1. The average molecular weight is 278 g/mol. The number of alkyl halides is 3. The molecule has 0 unspecified atom stereocenters. The zero-order valence-electron chi connectivity index (χ0n) is 8.12. The summed E-state index contributed by atoms with van der Waals surface area (Å²) < 4.78 is 35.9. The molecule has 2 rings (SSSR count). The largest absolute Gasteiger partial charge is 0.471 e. The number of thiazole rings is 1. The monoisotopic (exact) mass is 278 g/mol. The van der Waals surface area contributed by atoms with Crippen LogP contribution < -0.4 is 5.32 Å². The van der Waals surface area contributed by atoms with Crippen molar-refractivity contribution in [3.63, 3.8) is 0 Å². The molecule has 0 bridgehead atoms. The van der Waals surface area contributed by atoms with E-state index < -0.39 is 12.1 Å². The summed E-state index contributed by atoms with van der Waals surface area (Å²) in [5.74, 6) is -2.01. The third kappa shape index (κ3) is 2.83. The van der Waals surface area contributed by atoms with Crippen molar-refractivity contribution in [1.82, 2.24) is 4.98 Å². The molecule has 0 spiro atoms. The third-order valence-corrected chi connectivity index (χ3v) is 3.41. The molecule has 0 atom stereocenters. The van der Waals surface area contributed by atoms with Gasteiger partial charge < -0.3 is 0 Å². The first-order valence-corrected chi connectivity index (χ1v) is 6.10. The van der Waals surface area contributed by atoms with Crippen LogP contribution in [-0.2, 0) is 4.79 Å². The van der Waals surface area contributed by atoms with Gasteiger partial charge in [-0.15, -0.1) is 22.7 Å². The fraction of sp³-hybridized carbons (Fsp3) is 0.111. The topological polar surface area (TPSA) is 42.0 Å². The Morgan fingerprint density at radius 3 is 2.71 bits per heavy atom. The predicted molar refractivity (Wildman–Crippen MR) is 60.1 cm³/mol. The van der Waals surface area contributed by atoms with E-state index in [1.807, 2.05) is 11.4 Å². The Bertz CT molecular complexity index is 519. The summed E-state index contributed by atoms with van der Waals surface area (Å²) in [5, 5.41) is 5.08. The van der Waals surface area contributed by atoms with Crippen LogP contribution in [-0.4, -0.2) is 17.1 Å². The van der Waals surface area contributed by atoms with Crippen LogP contribution in [0.4, 0.5) is 18.3 Å². The van der Waals surface area contributed by atoms with Crippen LogP contribution in [0.5, 0.6) is 0 Å². The van der Waals surface area contributed by atoms with E-state index in [4.69, 9.17) is 0 Å². The number of nitrogens with one attached hydrogen (secondary N) is 1. The van der Waals surface area contributed by atoms with Crippen LogP contribution in [0.3, 0.4) is 0 Å². The van der Waals surface area contributed by atoms with Gasteiger partial charge in [0, 0.05) is 5.38 Å². The molecular formula is C9H5F3N2OS2. The van der Waals surface area contributed by atoms with Gasteiger partial charge in [0.15, 0.2) is 5.13 Å². The number of rotatable bonds is 2. The quantitative estimate of drug-likeness (QED) is 0.915. The van der Waals surface area contributed by atoms with Gasteiger partial charge in [-0.1, -0.05) is 6.07 Å². The van der Waals surface area contributed by atoms with E-state index in [9.17, 15) is 18.0 Å². The Kier molecular flexibility index (Phi) is 3.16. The number of hydrogen-bond donors (Lipinski definition) is 1. The summed E-state index contributed by atoms with van der Waals surface area (Å²) in [4.78, 5) is 15.4. The molecule has 17 heavy (non-hydrogen) atoms. The molecule has 2 aromatic rings. The lowest BCUT2D eigenvalue weighted by molar-refractivity contribution is -0.167. The second kappa shape index (κ2) is 4.46. The molecule has 2 aromatic heterocycles. The van der Waals surface area contributed by atoms with Crippen molar-refractivity contribution in [2.24, 2.45) is 0 Å². The molecule has 0 fully saturated rings. The number of carbonyl (C=O) groups excluding carboxylic acids is 1. The first kappa shape index (κ1) is 12.1. The van der Waals surface area contributed by atoms with Gasteiger partial charge in [0.25, 0.3) is 0 Å². The lowest BCUT2D eigenvalue weighted by Crippen LogP contribution is -2.29. The van der Waals surface area contributed by atoms with E-state index in [1.165, 1.54) is 11.3 Å². The minimum atomic E-state index is -4.89. The Morgan fingerprint density at radius 1 is 1.35 bits per heavy atom. The van der Waals surface area contributed by atoms with Gasteiger partial charge in [0.2, 0.25) is 0 Å². The number of aromatic nitrogens is 1. The molecule has 90 valence electrons. The lowest BCUT2D eigenvalue weighted by Gasteiger charge is -2.04. The van der Waals surface area contributed by atoms with E-state index in [0.29, 0.717) is 5.69 Å². The van der Waals surface area contributed by atoms with Gasteiger partial charge in [-0.25, -0.2) is 4.98 Å².